The van der Waals surface area contributed by atoms with Gasteiger partial charge in [-0.1, -0.05) is 11.6 Å². The van der Waals surface area contributed by atoms with Crippen molar-refractivity contribution < 1.29 is 9.53 Å². The van der Waals surface area contributed by atoms with Crippen LogP contribution in [0.3, 0.4) is 0 Å². The van der Waals surface area contributed by atoms with Crippen molar-refractivity contribution in [1.82, 2.24) is 10.6 Å². The summed E-state index contributed by atoms with van der Waals surface area (Å²) < 4.78 is 5.25. The molecule has 1 atom stereocenters. The maximum atomic E-state index is 11.7. The van der Waals surface area contributed by atoms with Gasteiger partial charge < -0.3 is 15.4 Å². The standard InChI is InChI=1S/C12H20N2O2/c15-12(11-9-16-8-7-13-11)14-6-5-10-3-1-2-4-10/h3,11,13H,1-2,4-9H2,(H,14,15). The smallest absolute Gasteiger partial charge is 0.239 e. The summed E-state index contributed by atoms with van der Waals surface area (Å²) in [5, 5.41) is 6.10. The fourth-order valence-electron chi connectivity index (χ4n) is 2.17. The summed E-state index contributed by atoms with van der Waals surface area (Å²) in [6.45, 7) is 2.72. The van der Waals surface area contributed by atoms with Gasteiger partial charge in [0, 0.05) is 13.1 Å². The first kappa shape index (κ1) is 11.6. The Morgan fingerprint density at radius 3 is 3.25 bits per heavy atom. The van der Waals surface area contributed by atoms with Crippen LogP contribution in [0.2, 0.25) is 0 Å². The highest BCUT2D eigenvalue weighted by atomic mass is 16.5. The van der Waals surface area contributed by atoms with Crippen LogP contribution in [0.1, 0.15) is 25.7 Å². The predicted molar refractivity (Wildman–Crippen MR) is 62.2 cm³/mol. The maximum Gasteiger partial charge on any atom is 0.239 e. The molecule has 1 fully saturated rings. The Bertz CT molecular complexity index is 270. The Labute approximate surface area is 96.4 Å². The summed E-state index contributed by atoms with van der Waals surface area (Å²) in [5.74, 6) is 0.0679. The number of nitrogens with one attached hydrogen (secondary N) is 2. The Hall–Kier alpha value is -0.870. The van der Waals surface area contributed by atoms with Gasteiger partial charge in [0.1, 0.15) is 6.04 Å². The molecule has 0 bridgehead atoms. The van der Waals surface area contributed by atoms with Crippen LogP contribution in [0, 0.1) is 0 Å². The van der Waals surface area contributed by atoms with Crippen LogP contribution in [0.5, 0.6) is 0 Å². The van der Waals surface area contributed by atoms with E-state index in [4.69, 9.17) is 4.74 Å². The van der Waals surface area contributed by atoms with Crippen molar-refractivity contribution in [2.24, 2.45) is 0 Å². The predicted octanol–water partition coefficient (Wildman–Crippen LogP) is 0.591. The molecule has 0 radical (unpaired) electrons. The zero-order valence-corrected chi connectivity index (χ0v) is 9.63. The van der Waals surface area contributed by atoms with Crippen LogP contribution in [0.25, 0.3) is 0 Å². The Morgan fingerprint density at radius 2 is 2.56 bits per heavy atom. The molecular weight excluding hydrogens is 204 g/mol. The molecule has 90 valence electrons. The van der Waals surface area contributed by atoms with Gasteiger partial charge in [0.15, 0.2) is 0 Å². The molecule has 16 heavy (non-hydrogen) atoms. The van der Waals surface area contributed by atoms with Crippen molar-refractivity contribution >= 4 is 5.91 Å². The first-order valence-corrected chi connectivity index (χ1v) is 6.13. The van der Waals surface area contributed by atoms with E-state index in [9.17, 15) is 4.79 Å². The van der Waals surface area contributed by atoms with Crippen molar-refractivity contribution in [1.29, 1.82) is 0 Å². The topological polar surface area (TPSA) is 50.4 Å². The quantitative estimate of drug-likeness (QED) is 0.687. The van der Waals surface area contributed by atoms with Gasteiger partial charge in [-0.05, 0) is 25.7 Å². The number of ether oxygens (including phenoxy) is 1. The van der Waals surface area contributed by atoms with Gasteiger partial charge in [-0.2, -0.15) is 0 Å². The molecule has 1 unspecified atom stereocenters. The third kappa shape index (κ3) is 3.32. The van der Waals surface area contributed by atoms with Gasteiger partial charge in [-0.15, -0.1) is 0 Å². The SMILES string of the molecule is O=C(NCCC1=CCCC1)C1COCCN1. The van der Waals surface area contributed by atoms with Gasteiger partial charge in [0.25, 0.3) is 0 Å². The van der Waals surface area contributed by atoms with Crippen LogP contribution in [-0.4, -0.2) is 38.3 Å². The first-order valence-electron chi connectivity index (χ1n) is 6.13. The molecule has 0 spiro atoms. The summed E-state index contributed by atoms with van der Waals surface area (Å²) in [6.07, 6.45) is 7.00. The molecular formula is C12H20N2O2. The van der Waals surface area contributed by atoms with Crippen molar-refractivity contribution in [3.63, 3.8) is 0 Å². The highest BCUT2D eigenvalue weighted by molar-refractivity contribution is 5.81. The second-order valence-corrected chi connectivity index (χ2v) is 4.38. The van der Waals surface area contributed by atoms with Gasteiger partial charge in [0.05, 0.1) is 13.2 Å². The van der Waals surface area contributed by atoms with Gasteiger partial charge in [-0.25, -0.2) is 0 Å². The molecule has 1 aliphatic heterocycles. The van der Waals surface area contributed by atoms with Crippen LogP contribution >= 0.6 is 0 Å². The van der Waals surface area contributed by atoms with E-state index in [0.29, 0.717) is 13.2 Å². The van der Waals surface area contributed by atoms with Crippen LogP contribution < -0.4 is 10.6 Å². The van der Waals surface area contributed by atoms with E-state index < -0.39 is 0 Å². The average Bonchev–Trinajstić information content (AvgIpc) is 2.83. The van der Waals surface area contributed by atoms with Gasteiger partial charge in [0.2, 0.25) is 5.91 Å². The van der Waals surface area contributed by atoms with Crippen LogP contribution in [0.15, 0.2) is 11.6 Å². The first-order chi connectivity index (χ1) is 7.86. The second-order valence-electron chi connectivity index (χ2n) is 4.38. The normalized spacial score (nSPS) is 25.2. The maximum absolute atomic E-state index is 11.7. The Kier molecular flexibility index (Phi) is 4.36. The lowest BCUT2D eigenvalue weighted by Gasteiger charge is -2.22. The summed E-state index contributed by atoms with van der Waals surface area (Å²) >= 11 is 0. The number of allylic oxidation sites excluding steroid dienone is 1. The molecule has 1 saturated heterocycles. The average molecular weight is 224 g/mol. The second kappa shape index (κ2) is 6.01. The monoisotopic (exact) mass is 224 g/mol. The number of amides is 1. The lowest BCUT2D eigenvalue weighted by atomic mass is 10.1. The van der Waals surface area contributed by atoms with E-state index >= 15 is 0 Å². The van der Waals surface area contributed by atoms with Crippen LogP contribution in [0.4, 0.5) is 0 Å². The summed E-state index contributed by atoms with van der Waals surface area (Å²) in [6, 6.07) is -0.161. The molecule has 4 heteroatoms. The molecule has 1 heterocycles. The molecule has 0 saturated carbocycles. The minimum absolute atomic E-state index is 0.0679. The highest BCUT2D eigenvalue weighted by Crippen LogP contribution is 2.19. The third-order valence-corrected chi connectivity index (χ3v) is 3.12. The number of rotatable bonds is 4. The van der Waals surface area contributed by atoms with Gasteiger partial charge in [-0.3, -0.25) is 4.79 Å². The lowest BCUT2D eigenvalue weighted by molar-refractivity contribution is -0.125. The highest BCUT2D eigenvalue weighted by Gasteiger charge is 2.20. The molecule has 2 aliphatic rings. The number of hydrogen-bond acceptors (Lipinski definition) is 3. The fraction of sp³-hybridized carbons (Fsp3) is 0.750. The molecule has 0 aromatic heterocycles. The van der Waals surface area contributed by atoms with Gasteiger partial charge >= 0.3 is 0 Å². The molecule has 4 nitrogen and oxygen atoms in total. The summed E-state index contributed by atoms with van der Waals surface area (Å²) in [4.78, 5) is 11.7. The molecule has 1 amide bonds. The minimum atomic E-state index is -0.161. The van der Waals surface area contributed by atoms with E-state index in [1.807, 2.05) is 0 Å². The van der Waals surface area contributed by atoms with Crippen LogP contribution in [-0.2, 0) is 9.53 Å². The number of carbonyl (C=O) groups excluding carboxylic acids is 1. The Morgan fingerprint density at radius 1 is 1.62 bits per heavy atom. The van der Waals surface area contributed by atoms with Crippen molar-refractivity contribution in [3.05, 3.63) is 11.6 Å². The number of morpholine rings is 1. The van der Waals surface area contributed by atoms with E-state index in [-0.39, 0.29) is 11.9 Å². The van der Waals surface area contributed by atoms with E-state index in [0.717, 1.165) is 19.5 Å². The number of carbonyl (C=O) groups is 1. The minimum Gasteiger partial charge on any atom is -0.378 e. The Balaban J connectivity index is 1.63. The van der Waals surface area contributed by atoms with E-state index in [2.05, 4.69) is 16.7 Å². The van der Waals surface area contributed by atoms with Crippen molar-refractivity contribution in [2.45, 2.75) is 31.7 Å². The van der Waals surface area contributed by atoms with Crippen molar-refractivity contribution in [2.75, 3.05) is 26.3 Å². The molecule has 0 aromatic rings. The molecule has 0 aromatic carbocycles. The van der Waals surface area contributed by atoms with E-state index in [1.54, 1.807) is 0 Å². The lowest BCUT2D eigenvalue weighted by Crippen LogP contribution is -2.51. The van der Waals surface area contributed by atoms with E-state index in [1.165, 1.54) is 24.8 Å². The largest absolute Gasteiger partial charge is 0.378 e. The van der Waals surface area contributed by atoms with Crippen molar-refractivity contribution in [3.8, 4) is 0 Å². The third-order valence-electron chi connectivity index (χ3n) is 3.12. The summed E-state index contributed by atoms with van der Waals surface area (Å²) in [7, 11) is 0. The number of hydrogen-bond donors (Lipinski definition) is 2. The zero-order chi connectivity index (χ0) is 11.2. The fourth-order valence-corrected chi connectivity index (χ4v) is 2.17. The molecule has 2 N–H and O–H groups in total. The molecule has 2 rings (SSSR count). The molecule has 1 aliphatic carbocycles. The zero-order valence-electron chi connectivity index (χ0n) is 9.63. The summed E-state index contributed by atoms with van der Waals surface area (Å²) in [5.41, 5.74) is 1.49.